The van der Waals surface area contributed by atoms with Crippen molar-refractivity contribution in [3.63, 3.8) is 0 Å². The number of pyridine rings is 1. The van der Waals surface area contributed by atoms with Gasteiger partial charge in [0.05, 0.1) is 0 Å². The molecule has 1 atom stereocenters. The fourth-order valence-corrected chi connectivity index (χ4v) is 3.97. The Balaban J connectivity index is 2.36. The first-order valence-electron chi connectivity index (χ1n) is 10.3. The van der Waals surface area contributed by atoms with E-state index in [4.69, 9.17) is 0 Å². The summed E-state index contributed by atoms with van der Waals surface area (Å²) >= 11 is 0. The van der Waals surface area contributed by atoms with Crippen LogP contribution in [0.4, 0.5) is 0 Å². The summed E-state index contributed by atoms with van der Waals surface area (Å²) in [6.45, 7) is 10.9. The van der Waals surface area contributed by atoms with Crippen molar-refractivity contribution in [1.82, 2.24) is 9.88 Å². The van der Waals surface area contributed by atoms with Crippen LogP contribution < -0.4 is 5.56 Å². The minimum absolute atomic E-state index is 0.00527. The number of nitrogens with one attached hydrogen (secondary N) is 1. The third-order valence-electron chi connectivity index (χ3n) is 5.45. The second kappa shape index (κ2) is 8.85. The molecule has 0 aliphatic heterocycles. The molecule has 1 aliphatic rings. The highest BCUT2D eigenvalue weighted by molar-refractivity contribution is 6.02. The number of aromatic nitrogens is 1. The lowest BCUT2D eigenvalue weighted by Gasteiger charge is -2.31. The van der Waals surface area contributed by atoms with Crippen LogP contribution in [-0.2, 0) is 6.42 Å². The molecule has 5 nitrogen and oxygen atoms in total. The van der Waals surface area contributed by atoms with E-state index in [1.807, 2.05) is 25.7 Å². The molecule has 1 aliphatic carbocycles. The smallest absolute Gasteiger partial charge is 0.261 e. The summed E-state index contributed by atoms with van der Waals surface area (Å²) in [5.74, 6) is -0.251. The molecule has 0 saturated carbocycles. The molecule has 0 bridgehead atoms. The monoisotopic (exact) mass is 374 g/mol. The highest BCUT2D eigenvalue weighted by Gasteiger charge is 2.33. The maximum Gasteiger partial charge on any atom is 0.261 e. The lowest BCUT2D eigenvalue weighted by molar-refractivity contribution is 0.0677. The SMILES string of the molecule is CCCCCN(C(=O)c1cc2c([nH]c1=O)CC(C)(C)CC2=O)C(C)CCC. The number of Topliss-reactive ketones (excluding diaryl/α,β-unsaturated/α-hetero) is 1. The van der Waals surface area contributed by atoms with Crippen molar-refractivity contribution in [2.45, 2.75) is 85.6 Å². The van der Waals surface area contributed by atoms with E-state index in [0.29, 0.717) is 30.6 Å². The third-order valence-corrected chi connectivity index (χ3v) is 5.45. The Hall–Kier alpha value is -1.91. The molecule has 0 spiro atoms. The normalized spacial score (nSPS) is 16.7. The molecule has 0 radical (unpaired) electrons. The van der Waals surface area contributed by atoms with E-state index in [1.54, 1.807) is 6.07 Å². The predicted octanol–water partition coefficient (Wildman–Crippen LogP) is 4.35. The third kappa shape index (κ3) is 5.08. The minimum atomic E-state index is -0.381. The minimum Gasteiger partial charge on any atom is -0.336 e. The molecular formula is C22H34N2O3. The number of nitrogens with zero attached hydrogens (tertiary/aromatic N) is 1. The molecule has 1 heterocycles. The topological polar surface area (TPSA) is 70.2 Å². The number of aromatic amines is 1. The molecule has 2 rings (SSSR count). The van der Waals surface area contributed by atoms with Crippen molar-refractivity contribution in [3.8, 4) is 0 Å². The van der Waals surface area contributed by atoms with E-state index in [1.165, 1.54) is 0 Å². The van der Waals surface area contributed by atoms with Gasteiger partial charge < -0.3 is 9.88 Å². The predicted molar refractivity (Wildman–Crippen MR) is 108 cm³/mol. The van der Waals surface area contributed by atoms with Crippen LogP contribution in [0.1, 0.15) is 99.6 Å². The number of carbonyl (C=O) groups is 2. The van der Waals surface area contributed by atoms with E-state index in [9.17, 15) is 14.4 Å². The molecule has 1 unspecified atom stereocenters. The van der Waals surface area contributed by atoms with Gasteiger partial charge in [0.1, 0.15) is 5.56 Å². The number of H-pyrrole nitrogens is 1. The Morgan fingerprint density at radius 1 is 1.19 bits per heavy atom. The van der Waals surface area contributed by atoms with Gasteiger partial charge >= 0.3 is 0 Å². The lowest BCUT2D eigenvalue weighted by Crippen LogP contribution is -2.42. The second-order valence-electron chi connectivity index (χ2n) is 8.69. The van der Waals surface area contributed by atoms with Crippen LogP contribution in [0.2, 0.25) is 0 Å². The summed E-state index contributed by atoms with van der Waals surface area (Å²) in [7, 11) is 0. The zero-order valence-electron chi connectivity index (χ0n) is 17.5. The number of rotatable bonds is 8. The van der Waals surface area contributed by atoms with Crippen LogP contribution in [-0.4, -0.2) is 34.2 Å². The molecule has 0 saturated heterocycles. The van der Waals surface area contributed by atoms with Crippen LogP contribution in [0.5, 0.6) is 0 Å². The summed E-state index contributed by atoms with van der Waals surface area (Å²) in [5, 5.41) is 0. The van der Waals surface area contributed by atoms with Gasteiger partial charge in [-0.2, -0.15) is 0 Å². The molecular weight excluding hydrogens is 340 g/mol. The van der Waals surface area contributed by atoms with Gasteiger partial charge in [-0.05, 0) is 37.7 Å². The zero-order valence-corrected chi connectivity index (χ0v) is 17.5. The quantitative estimate of drug-likeness (QED) is 0.688. The number of fused-ring (bicyclic) bond motifs is 1. The van der Waals surface area contributed by atoms with Crippen LogP contribution in [0.25, 0.3) is 0 Å². The average molecular weight is 375 g/mol. The molecule has 1 N–H and O–H groups in total. The number of ketones is 1. The molecule has 0 aromatic carbocycles. The maximum absolute atomic E-state index is 13.2. The van der Waals surface area contributed by atoms with Gasteiger partial charge in [-0.1, -0.05) is 47.0 Å². The molecule has 150 valence electrons. The fraction of sp³-hybridized carbons (Fsp3) is 0.682. The van der Waals surface area contributed by atoms with Gasteiger partial charge in [0.15, 0.2) is 5.78 Å². The molecule has 1 aromatic heterocycles. The summed E-state index contributed by atoms with van der Waals surface area (Å²) < 4.78 is 0. The fourth-order valence-electron chi connectivity index (χ4n) is 3.97. The van der Waals surface area contributed by atoms with Gasteiger partial charge in [0.2, 0.25) is 0 Å². The van der Waals surface area contributed by atoms with Crippen LogP contribution in [0, 0.1) is 5.41 Å². The van der Waals surface area contributed by atoms with Gasteiger partial charge in [-0.15, -0.1) is 0 Å². The average Bonchev–Trinajstić information content (AvgIpc) is 2.56. The molecule has 27 heavy (non-hydrogen) atoms. The summed E-state index contributed by atoms with van der Waals surface area (Å²) in [6.07, 6.45) is 6.01. The van der Waals surface area contributed by atoms with Crippen molar-refractivity contribution in [1.29, 1.82) is 0 Å². The molecule has 1 amide bonds. The highest BCUT2D eigenvalue weighted by Crippen LogP contribution is 2.33. The highest BCUT2D eigenvalue weighted by atomic mass is 16.2. The molecule has 0 fully saturated rings. The van der Waals surface area contributed by atoms with Gasteiger partial charge in [-0.3, -0.25) is 14.4 Å². The Bertz CT molecular complexity index is 748. The Labute approximate surface area is 162 Å². The first-order valence-corrected chi connectivity index (χ1v) is 10.3. The largest absolute Gasteiger partial charge is 0.336 e. The first-order chi connectivity index (χ1) is 12.7. The van der Waals surface area contributed by atoms with E-state index in [2.05, 4.69) is 18.8 Å². The Morgan fingerprint density at radius 2 is 1.89 bits per heavy atom. The van der Waals surface area contributed by atoms with Crippen LogP contribution >= 0.6 is 0 Å². The first kappa shape index (κ1) is 21.4. The standard InChI is InChI=1S/C22H34N2O3/c1-6-8-9-11-24(15(3)10-7-2)21(27)17-12-16-18(23-20(17)26)13-22(4,5)14-19(16)25/h12,15H,6-11,13-14H2,1-5H3,(H,23,26). The lowest BCUT2D eigenvalue weighted by atomic mass is 9.75. The van der Waals surface area contributed by atoms with Crippen molar-refractivity contribution in [2.75, 3.05) is 6.54 Å². The van der Waals surface area contributed by atoms with Crippen molar-refractivity contribution in [2.24, 2.45) is 5.41 Å². The van der Waals surface area contributed by atoms with Gasteiger partial charge in [-0.25, -0.2) is 0 Å². The number of hydrogen-bond acceptors (Lipinski definition) is 3. The van der Waals surface area contributed by atoms with Crippen LogP contribution in [0.15, 0.2) is 10.9 Å². The van der Waals surface area contributed by atoms with E-state index >= 15 is 0 Å². The van der Waals surface area contributed by atoms with E-state index in [-0.39, 0.29) is 34.3 Å². The maximum atomic E-state index is 13.2. The van der Waals surface area contributed by atoms with E-state index in [0.717, 1.165) is 32.1 Å². The second-order valence-corrected chi connectivity index (χ2v) is 8.69. The summed E-state index contributed by atoms with van der Waals surface area (Å²) in [5.41, 5.74) is 0.723. The summed E-state index contributed by atoms with van der Waals surface area (Å²) in [6, 6.07) is 1.61. The van der Waals surface area contributed by atoms with Crippen molar-refractivity contribution < 1.29 is 9.59 Å². The summed E-state index contributed by atoms with van der Waals surface area (Å²) in [4.78, 5) is 43.0. The Morgan fingerprint density at radius 3 is 2.52 bits per heavy atom. The number of carbonyl (C=O) groups excluding carboxylic acids is 2. The molecule has 5 heteroatoms. The van der Waals surface area contributed by atoms with Gasteiger partial charge in [0, 0.05) is 30.3 Å². The number of unbranched alkanes of at least 4 members (excludes halogenated alkanes) is 2. The van der Waals surface area contributed by atoms with Crippen molar-refractivity contribution in [3.05, 3.63) is 33.2 Å². The zero-order chi connectivity index (χ0) is 20.2. The van der Waals surface area contributed by atoms with Crippen molar-refractivity contribution >= 4 is 11.7 Å². The van der Waals surface area contributed by atoms with Crippen LogP contribution in [0.3, 0.4) is 0 Å². The van der Waals surface area contributed by atoms with E-state index < -0.39 is 0 Å². The Kier molecular flexibility index (Phi) is 7.01. The molecule has 1 aromatic rings. The van der Waals surface area contributed by atoms with Gasteiger partial charge in [0.25, 0.3) is 11.5 Å². The number of hydrogen-bond donors (Lipinski definition) is 1. The number of amides is 1.